The van der Waals surface area contributed by atoms with Gasteiger partial charge in [-0.2, -0.15) is 0 Å². The van der Waals surface area contributed by atoms with Crippen LogP contribution in [0.3, 0.4) is 0 Å². The molecule has 3 aliphatic rings. The second kappa shape index (κ2) is 14.4. The second-order valence-corrected chi connectivity index (χ2v) is 10.2. The van der Waals surface area contributed by atoms with Gasteiger partial charge in [-0.1, -0.05) is 77.9 Å². The van der Waals surface area contributed by atoms with Gasteiger partial charge in [0.05, 0.1) is 5.69 Å². The molecule has 4 N–H and O–H groups in total. The number of piperidine rings is 1. The Morgan fingerprint density at radius 3 is 2.08 bits per heavy atom. The Morgan fingerprint density at radius 1 is 0.846 bits per heavy atom. The van der Waals surface area contributed by atoms with E-state index in [1.165, 1.54) is 57.4 Å². The molecule has 1 saturated carbocycles. The van der Waals surface area contributed by atoms with E-state index in [1.54, 1.807) is 12.1 Å². The van der Waals surface area contributed by atoms with Crippen molar-refractivity contribution in [2.24, 2.45) is 5.41 Å². The number of nitrogens with zero attached hydrogens (tertiary/aromatic N) is 3. The quantitative estimate of drug-likeness (QED) is 0.333. The molecule has 3 heterocycles. The number of phenols is 1. The third-order valence-corrected chi connectivity index (χ3v) is 7.96. The van der Waals surface area contributed by atoms with Gasteiger partial charge >= 0.3 is 0 Å². The molecule has 0 unspecified atom stereocenters. The Balaban J connectivity index is 0.000000657. The van der Waals surface area contributed by atoms with E-state index in [0.717, 1.165) is 17.2 Å². The Kier molecular flexibility index (Phi) is 11.3. The molecule has 2 aliphatic heterocycles. The number of rotatable bonds is 4. The lowest BCUT2D eigenvalue weighted by Gasteiger charge is -2.61. The molecule has 6 rings (SSSR count). The number of nitrogen functional groups attached to an aromatic ring is 1. The fourth-order valence-electron chi connectivity index (χ4n) is 6.11. The summed E-state index contributed by atoms with van der Waals surface area (Å²) in [5.74, 6) is 1.25. The summed E-state index contributed by atoms with van der Waals surface area (Å²) in [4.78, 5) is 2.72. The number of nitrogens with one attached hydrogen (secondary N) is 1. The second-order valence-electron chi connectivity index (χ2n) is 10.2. The van der Waals surface area contributed by atoms with E-state index >= 15 is 0 Å². The largest absolute Gasteiger partial charge is 0.507 e. The molecule has 0 radical (unpaired) electrons. The lowest BCUT2D eigenvalue weighted by molar-refractivity contribution is -0.0989. The molecule has 212 valence electrons. The van der Waals surface area contributed by atoms with Gasteiger partial charge in [0.2, 0.25) is 0 Å². The molecule has 3 fully saturated rings. The molecule has 0 atom stereocenters. The molecular weight excluding hydrogens is 482 g/mol. The van der Waals surface area contributed by atoms with Crippen LogP contribution < -0.4 is 11.1 Å². The number of anilines is 1. The third-order valence-electron chi connectivity index (χ3n) is 7.96. The third kappa shape index (κ3) is 6.79. The number of aromatic nitrogens is 2. The van der Waals surface area contributed by atoms with Crippen molar-refractivity contribution >= 4 is 5.82 Å². The maximum Gasteiger partial charge on any atom is 0.154 e. The van der Waals surface area contributed by atoms with Crippen LogP contribution in [0.4, 0.5) is 5.82 Å². The Morgan fingerprint density at radius 2 is 1.46 bits per heavy atom. The van der Waals surface area contributed by atoms with Gasteiger partial charge in [0, 0.05) is 30.3 Å². The van der Waals surface area contributed by atoms with Crippen LogP contribution in [0, 0.1) is 5.41 Å². The van der Waals surface area contributed by atoms with Crippen LogP contribution in [0.15, 0.2) is 54.6 Å². The van der Waals surface area contributed by atoms with E-state index < -0.39 is 0 Å². The van der Waals surface area contributed by atoms with Crippen LogP contribution in [0.1, 0.15) is 78.7 Å². The molecule has 2 aromatic carbocycles. The number of para-hydroxylation sites is 1. The van der Waals surface area contributed by atoms with E-state index in [0.29, 0.717) is 28.4 Å². The zero-order valence-corrected chi connectivity index (χ0v) is 24.9. The molecule has 1 aromatic heterocycles. The minimum Gasteiger partial charge on any atom is -0.507 e. The minimum absolute atomic E-state index is 0.187. The standard InChI is InChI=1S/C27H31N5O.3C2H6/c28-26-23(13-24(30-31-26)22-3-1-2-4-25(22)33)19-7-5-18(6-8-19)20-14-27(15-20)16-32(17-27)21-9-11-29-12-10-21;3*1-2/h1-8,13,20-21,29,33H,9-12,14-17H2,(H2,28,31);3*1-2H3. The zero-order valence-electron chi connectivity index (χ0n) is 24.9. The van der Waals surface area contributed by atoms with Gasteiger partial charge in [-0.05, 0) is 79.4 Å². The Labute approximate surface area is 236 Å². The summed E-state index contributed by atoms with van der Waals surface area (Å²) in [5, 5.41) is 22.0. The lowest BCUT2D eigenvalue weighted by atomic mass is 9.55. The molecule has 6 heteroatoms. The minimum atomic E-state index is 0.187. The number of phenolic OH excluding ortho intramolecular Hbond substituents is 1. The molecular formula is C33H49N5O. The van der Waals surface area contributed by atoms with Crippen LogP contribution in [0.5, 0.6) is 5.75 Å². The molecule has 2 saturated heterocycles. The molecule has 3 aromatic rings. The first-order chi connectivity index (χ1) is 19.1. The predicted octanol–water partition coefficient (Wildman–Crippen LogP) is 7.11. The smallest absolute Gasteiger partial charge is 0.154 e. The first kappa shape index (κ1) is 30.6. The lowest BCUT2D eigenvalue weighted by Crippen LogP contribution is -2.65. The van der Waals surface area contributed by atoms with Gasteiger partial charge in [-0.3, -0.25) is 4.90 Å². The van der Waals surface area contributed by atoms with Gasteiger partial charge in [-0.15, -0.1) is 10.2 Å². The van der Waals surface area contributed by atoms with Crippen molar-refractivity contribution in [3.8, 4) is 28.1 Å². The highest BCUT2D eigenvalue weighted by molar-refractivity contribution is 5.79. The van der Waals surface area contributed by atoms with Crippen LogP contribution in [0.25, 0.3) is 22.4 Å². The summed E-state index contributed by atoms with van der Waals surface area (Å²) < 4.78 is 0. The number of likely N-dealkylation sites (tertiary alicyclic amines) is 1. The number of hydrogen-bond donors (Lipinski definition) is 3. The highest BCUT2D eigenvalue weighted by atomic mass is 16.3. The average Bonchev–Trinajstić information content (AvgIpc) is 2.96. The van der Waals surface area contributed by atoms with Crippen molar-refractivity contribution in [1.29, 1.82) is 0 Å². The average molecular weight is 532 g/mol. The molecule has 0 bridgehead atoms. The molecule has 1 aliphatic carbocycles. The Hall–Kier alpha value is -2.96. The maximum absolute atomic E-state index is 10.2. The van der Waals surface area contributed by atoms with Gasteiger partial charge in [0.1, 0.15) is 5.75 Å². The first-order valence-electron chi connectivity index (χ1n) is 15.1. The highest BCUT2D eigenvalue weighted by Crippen LogP contribution is 2.56. The van der Waals surface area contributed by atoms with Gasteiger partial charge in [0.25, 0.3) is 0 Å². The van der Waals surface area contributed by atoms with Crippen molar-refractivity contribution in [3.05, 3.63) is 60.2 Å². The number of aromatic hydroxyl groups is 1. The van der Waals surface area contributed by atoms with Crippen molar-refractivity contribution in [2.45, 2.75) is 79.2 Å². The molecule has 1 spiro atoms. The first-order valence-corrected chi connectivity index (χ1v) is 15.1. The normalized spacial score (nSPS) is 18.2. The van der Waals surface area contributed by atoms with Crippen LogP contribution >= 0.6 is 0 Å². The van der Waals surface area contributed by atoms with E-state index in [2.05, 4.69) is 44.7 Å². The summed E-state index contributed by atoms with van der Waals surface area (Å²) in [6.45, 7) is 16.9. The van der Waals surface area contributed by atoms with Crippen LogP contribution in [-0.2, 0) is 0 Å². The zero-order chi connectivity index (χ0) is 28.4. The SMILES string of the molecule is CC.CC.CC.Nc1nnc(-c2ccccc2O)cc1-c1ccc(C2CC3(C2)CN(C2CCNCC2)C3)cc1. The number of benzene rings is 2. The summed E-state index contributed by atoms with van der Waals surface area (Å²) >= 11 is 0. The van der Waals surface area contributed by atoms with Crippen molar-refractivity contribution in [1.82, 2.24) is 20.4 Å². The van der Waals surface area contributed by atoms with Gasteiger partial charge in [-0.25, -0.2) is 0 Å². The van der Waals surface area contributed by atoms with Crippen molar-refractivity contribution < 1.29 is 5.11 Å². The molecule has 39 heavy (non-hydrogen) atoms. The Bertz CT molecular complexity index is 1140. The summed E-state index contributed by atoms with van der Waals surface area (Å²) in [6.07, 6.45) is 5.23. The number of nitrogens with two attached hydrogens (primary N) is 1. The van der Waals surface area contributed by atoms with Gasteiger partial charge in [0.15, 0.2) is 5.82 Å². The predicted molar refractivity (Wildman–Crippen MR) is 165 cm³/mol. The van der Waals surface area contributed by atoms with Crippen molar-refractivity contribution in [2.75, 3.05) is 31.9 Å². The summed E-state index contributed by atoms with van der Waals surface area (Å²) in [7, 11) is 0. The van der Waals surface area contributed by atoms with E-state index in [-0.39, 0.29) is 5.75 Å². The van der Waals surface area contributed by atoms with E-state index in [1.807, 2.05) is 59.7 Å². The molecule has 0 amide bonds. The van der Waals surface area contributed by atoms with Crippen LogP contribution in [-0.4, -0.2) is 52.4 Å². The monoisotopic (exact) mass is 531 g/mol. The van der Waals surface area contributed by atoms with Gasteiger partial charge < -0.3 is 16.2 Å². The topological polar surface area (TPSA) is 87.3 Å². The fourth-order valence-corrected chi connectivity index (χ4v) is 6.11. The van der Waals surface area contributed by atoms with E-state index in [9.17, 15) is 5.11 Å². The fraction of sp³-hybridized carbons (Fsp3) is 0.515. The highest BCUT2D eigenvalue weighted by Gasteiger charge is 2.53. The van der Waals surface area contributed by atoms with Crippen molar-refractivity contribution in [3.63, 3.8) is 0 Å². The number of hydrogen-bond acceptors (Lipinski definition) is 6. The van der Waals surface area contributed by atoms with Crippen LogP contribution in [0.2, 0.25) is 0 Å². The summed E-state index contributed by atoms with van der Waals surface area (Å²) in [6, 6.07) is 18.7. The van der Waals surface area contributed by atoms with E-state index in [4.69, 9.17) is 5.73 Å². The summed E-state index contributed by atoms with van der Waals surface area (Å²) in [5.41, 5.74) is 11.3. The maximum atomic E-state index is 10.2. The molecule has 6 nitrogen and oxygen atoms in total.